The highest BCUT2D eigenvalue weighted by Crippen LogP contribution is 1.93. The van der Waals surface area contributed by atoms with Crippen LogP contribution < -0.4 is 0 Å². The normalized spacial score (nSPS) is 10.9. The molecule has 0 aliphatic rings. The van der Waals surface area contributed by atoms with Gasteiger partial charge in [0.1, 0.15) is 0 Å². The maximum Gasteiger partial charge on any atom is 0.0443 e. The smallest absolute Gasteiger partial charge is 0.0443 e. The van der Waals surface area contributed by atoms with Crippen LogP contribution in [0.1, 0.15) is 39.5 Å². The predicted octanol–water partition coefficient (Wildman–Crippen LogP) is 0.146. The number of hydrogen-bond acceptors (Lipinski definition) is 6. The van der Waals surface area contributed by atoms with Crippen molar-refractivity contribution < 1.29 is 20.4 Å². The molecule has 136 valence electrons. The molecule has 0 unspecified atom stereocenters. The lowest BCUT2D eigenvalue weighted by molar-refractivity contribution is 0.207. The lowest BCUT2D eigenvalue weighted by Gasteiger charge is -2.18. The van der Waals surface area contributed by atoms with E-state index in [1.54, 1.807) is 0 Å². The minimum absolute atomic E-state index is 0.260. The van der Waals surface area contributed by atoms with Gasteiger partial charge in [-0.3, -0.25) is 0 Å². The Morgan fingerprint density at radius 1 is 0.500 bits per heavy atom. The first-order chi connectivity index (χ1) is 10.7. The molecule has 0 atom stereocenters. The molecule has 0 bridgehead atoms. The van der Waals surface area contributed by atoms with E-state index in [2.05, 4.69) is 23.6 Å². The van der Waals surface area contributed by atoms with Crippen molar-refractivity contribution in [3.63, 3.8) is 0 Å². The van der Waals surface area contributed by atoms with Gasteiger partial charge in [0.05, 0.1) is 0 Å². The third-order valence-corrected chi connectivity index (χ3v) is 3.42. The van der Waals surface area contributed by atoms with Gasteiger partial charge in [0, 0.05) is 52.6 Å². The van der Waals surface area contributed by atoms with Crippen molar-refractivity contribution in [2.24, 2.45) is 0 Å². The summed E-state index contributed by atoms with van der Waals surface area (Å²) in [6.07, 6.45) is 3.33. The highest BCUT2D eigenvalue weighted by atomic mass is 16.3. The molecule has 0 aromatic carbocycles. The van der Waals surface area contributed by atoms with E-state index in [0.717, 1.165) is 65.0 Å². The average Bonchev–Trinajstić information content (AvgIpc) is 2.56. The number of hydrogen-bond donors (Lipinski definition) is 4. The molecule has 0 aliphatic carbocycles. The van der Waals surface area contributed by atoms with Crippen LogP contribution in [0, 0.1) is 0 Å². The van der Waals surface area contributed by atoms with Crippen LogP contribution in [0.25, 0.3) is 0 Å². The summed E-state index contributed by atoms with van der Waals surface area (Å²) in [5.74, 6) is 0. The highest BCUT2D eigenvalue weighted by molar-refractivity contribution is 4.55. The summed E-state index contributed by atoms with van der Waals surface area (Å²) in [5.41, 5.74) is 0. The molecule has 0 fully saturated rings. The van der Waals surface area contributed by atoms with E-state index in [-0.39, 0.29) is 26.4 Å². The molecule has 6 heteroatoms. The monoisotopic (exact) mass is 322 g/mol. The van der Waals surface area contributed by atoms with Crippen LogP contribution in [-0.2, 0) is 0 Å². The molecule has 0 rings (SSSR count). The lowest BCUT2D eigenvalue weighted by atomic mass is 10.3. The van der Waals surface area contributed by atoms with Gasteiger partial charge < -0.3 is 30.2 Å². The van der Waals surface area contributed by atoms with Crippen molar-refractivity contribution in [2.75, 3.05) is 65.7 Å². The molecule has 4 N–H and O–H groups in total. The summed E-state index contributed by atoms with van der Waals surface area (Å²) >= 11 is 0. The zero-order valence-corrected chi connectivity index (χ0v) is 14.6. The standard InChI is InChI=1S/2C8H19NO2/c2*1-2-9(5-3-7-10)6-4-8-11/h2*10-11H,2-8H2,1H3. The minimum atomic E-state index is 0.260. The summed E-state index contributed by atoms with van der Waals surface area (Å²) in [7, 11) is 0. The SMILES string of the molecule is CCN(CCCO)CCCO.CCN(CCCO)CCCO. The van der Waals surface area contributed by atoms with Gasteiger partial charge >= 0.3 is 0 Å². The third-order valence-electron chi connectivity index (χ3n) is 3.42. The maximum atomic E-state index is 8.56. The van der Waals surface area contributed by atoms with Gasteiger partial charge in [-0.05, 0) is 38.8 Å². The van der Waals surface area contributed by atoms with Gasteiger partial charge in [-0.15, -0.1) is 0 Å². The Kier molecular flexibility index (Phi) is 22.7. The van der Waals surface area contributed by atoms with Gasteiger partial charge in [0.15, 0.2) is 0 Å². The molecule has 0 aromatic heterocycles. The topological polar surface area (TPSA) is 87.4 Å². The molecule has 0 aliphatic heterocycles. The first kappa shape index (κ1) is 24.0. The van der Waals surface area contributed by atoms with Crippen molar-refractivity contribution in [1.29, 1.82) is 0 Å². The van der Waals surface area contributed by atoms with Crippen LogP contribution in [-0.4, -0.2) is 95.9 Å². The Morgan fingerprint density at radius 3 is 0.864 bits per heavy atom. The van der Waals surface area contributed by atoms with Crippen molar-refractivity contribution in [2.45, 2.75) is 39.5 Å². The van der Waals surface area contributed by atoms with E-state index in [0.29, 0.717) is 0 Å². The van der Waals surface area contributed by atoms with Crippen LogP contribution in [0.5, 0.6) is 0 Å². The van der Waals surface area contributed by atoms with Crippen molar-refractivity contribution in [3.05, 3.63) is 0 Å². The molecule has 0 radical (unpaired) electrons. The molecular formula is C16H38N2O4. The van der Waals surface area contributed by atoms with E-state index in [1.807, 2.05) is 0 Å². The Bertz CT molecular complexity index is 161. The number of rotatable bonds is 14. The molecular weight excluding hydrogens is 284 g/mol. The third kappa shape index (κ3) is 17.8. The quantitative estimate of drug-likeness (QED) is 0.364. The van der Waals surface area contributed by atoms with Crippen LogP contribution in [0.15, 0.2) is 0 Å². The highest BCUT2D eigenvalue weighted by Gasteiger charge is 2.00. The Balaban J connectivity index is 0. The Morgan fingerprint density at radius 2 is 0.727 bits per heavy atom. The fourth-order valence-corrected chi connectivity index (χ4v) is 2.03. The molecule has 0 spiro atoms. The zero-order valence-electron chi connectivity index (χ0n) is 14.6. The van der Waals surface area contributed by atoms with Crippen molar-refractivity contribution >= 4 is 0 Å². The largest absolute Gasteiger partial charge is 0.396 e. The van der Waals surface area contributed by atoms with Crippen molar-refractivity contribution in [3.8, 4) is 0 Å². The molecule has 0 heterocycles. The van der Waals surface area contributed by atoms with Gasteiger partial charge in [-0.1, -0.05) is 13.8 Å². The molecule has 6 nitrogen and oxygen atoms in total. The van der Waals surface area contributed by atoms with Gasteiger partial charge in [-0.25, -0.2) is 0 Å². The molecule has 0 saturated carbocycles. The summed E-state index contributed by atoms with van der Waals surface area (Å²) in [6.45, 7) is 11.0. The number of aliphatic hydroxyl groups excluding tert-OH is 4. The predicted molar refractivity (Wildman–Crippen MR) is 91.0 cm³/mol. The first-order valence-corrected chi connectivity index (χ1v) is 8.58. The van der Waals surface area contributed by atoms with Crippen LogP contribution in [0.3, 0.4) is 0 Å². The lowest BCUT2D eigenvalue weighted by Crippen LogP contribution is -2.26. The molecule has 0 saturated heterocycles. The zero-order chi connectivity index (χ0) is 17.1. The Labute approximate surface area is 136 Å². The van der Waals surface area contributed by atoms with Crippen molar-refractivity contribution in [1.82, 2.24) is 9.80 Å². The van der Waals surface area contributed by atoms with E-state index in [9.17, 15) is 0 Å². The fraction of sp³-hybridized carbons (Fsp3) is 1.00. The summed E-state index contributed by atoms with van der Waals surface area (Å²) in [5, 5.41) is 34.2. The second-order valence-corrected chi connectivity index (χ2v) is 5.18. The van der Waals surface area contributed by atoms with Gasteiger partial charge in [0.25, 0.3) is 0 Å². The fourth-order valence-electron chi connectivity index (χ4n) is 2.03. The molecule has 0 amide bonds. The maximum absolute atomic E-state index is 8.56. The van der Waals surface area contributed by atoms with E-state index in [4.69, 9.17) is 20.4 Å². The number of aliphatic hydroxyl groups is 4. The van der Waals surface area contributed by atoms with E-state index in [1.165, 1.54) is 0 Å². The second-order valence-electron chi connectivity index (χ2n) is 5.18. The van der Waals surface area contributed by atoms with E-state index < -0.39 is 0 Å². The molecule has 0 aromatic rings. The van der Waals surface area contributed by atoms with Gasteiger partial charge in [0.2, 0.25) is 0 Å². The minimum Gasteiger partial charge on any atom is -0.396 e. The van der Waals surface area contributed by atoms with Gasteiger partial charge in [-0.2, -0.15) is 0 Å². The summed E-state index contributed by atoms with van der Waals surface area (Å²) in [6, 6.07) is 0. The number of nitrogens with zero attached hydrogens (tertiary/aromatic N) is 2. The Hall–Kier alpha value is -0.240. The second kappa shape index (κ2) is 20.8. The van der Waals surface area contributed by atoms with Crippen LogP contribution in [0.4, 0.5) is 0 Å². The van der Waals surface area contributed by atoms with Crippen LogP contribution in [0.2, 0.25) is 0 Å². The first-order valence-electron chi connectivity index (χ1n) is 8.58. The summed E-state index contributed by atoms with van der Waals surface area (Å²) in [4.78, 5) is 4.46. The average molecular weight is 322 g/mol. The van der Waals surface area contributed by atoms with Crippen LogP contribution >= 0.6 is 0 Å². The van der Waals surface area contributed by atoms with E-state index >= 15 is 0 Å². The molecule has 22 heavy (non-hydrogen) atoms. The summed E-state index contributed by atoms with van der Waals surface area (Å²) < 4.78 is 0.